The zero-order valence-electron chi connectivity index (χ0n) is 4.88. The molecule has 0 radical (unpaired) electrons. The van der Waals surface area contributed by atoms with Gasteiger partial charge in [0.25, 0.3) is 0 Å². The van der Waals surface area contributed by atoms with Crippen LogP contribution in [0.5, 0.6) is 0 Å². The number of halogens is 7. The van der Waals surface area contributed by atoms with E-state index in [1.807, 2.05) is 0 Å². The standard InChI is InChI=1S/C3H2Br3.Al.4BrH/c4-1-2(5)3(1)6;;;;;/h1-2H;;4*1H/q+1;+3;;;;/p-4. The summed E-state index contributed by atoms with van der Waals surface area (Å²) in [5, 5.41) is 0. The Morgan fingerprint density at radius 2 is 1.00 bits per heavy atom. The van der Waals surface area contributed by atoms with Crippen molar-refractivity contribution in [2.45, 2.75) is 9.65 Å². The maximum absolute atomic E-state index is 3.38. The Morgan fingerprint density at radius 3 is 1.00 bits per heavy atom. The molecular formula is C3H2AlBr7. The minimum absolute atomic E-state index is 0.581. The lowest BCUT2D eigenvalue weighted by atomic mass is 11.0. The van der Waals surface area contributed by atoms with Gasteiger partial charge in [-0.1, -0.05) is 0 Å². The summed E-state index contributed by atoms with van der Waals surface area (Å²) in [6.45, 7) is 0. The normalized spacial score (nSPS) is 29.2. The molecule has 1 saturated carbocycles. The first-order chi connectivity index (χ1) is 4.73. The predicted molar refractivity (Wildman–Crippen MR) is 79.1 cm³/mol. The molecule has 0 amide bonds. The van der Waals surface area contributed by atoms with E-state index in [9.17, 15) is 0 Å². The third-order valence-electron chi connectivity index (χ3n) is 0.675. The number of hydrogen-bond donors (Lipinski definition) is 0. The van der Waals surface area contributed by atoms with Gasteiger partial charge in [-0.3, -0.25) is 0 Å². The first kappa shape index (κ1) is 14.8. The van der Waals surface area contributed by atoms with Crippen molar-refractivity contribution in [3.05, 3.63) is 4.83 Å². The van der Waals surface area contributed by atoms with Crippen LogP contribution in [0.1, 0.15) is 0 Å². The molecule has 2 unspecified atom stereocenters. The van der Waals surface area contributed by atoms with E-state index in [1.165, 1.54) is 4.83 Å². The molecule has 1 aliphatic carbocycles. The number of rotatable bonds is 0. The second kappa shape index (κ2) is 6.37. The second-order valence-corrected chi connectivity index (χ2v) is 44.2. The van der Waals surface area contributed by atoms with E-state index < -0.39 is 5.77 Å². The van der Waals surface area contributed by atoms with Gasteiger partial charge in [0.05, 0.1) is 0 Å². The molecule has 0 bridgehead atoms. The Bertz CT molecular complexity index is 95.1. The Morgan fingerprint density at radius 1 is 0.909 bits per heavy atom. The minimum Gasteiger partial charge on any atom is -0.363 e. The molecule has 11 heavy (non-hydrogen) atoms. The largest absolute Gasteiger partial charge is 0.450 e. The van der Waals surface area contributed by atoms with Gasteiger partial charge >= 0.3 is 5.77 Å². The van der Waals surface area contributed by atoms with Crippen LogP contribution in [0.15, 0.2) is 0 Å². The second-order valence-electron chi connectivity index (χ2n) is 1.68. The Hall–Kier alpha value is 3.76. The lowest BCUT2D eigenvalue weighted by Crippen LogP contribution is -1.86. The summed E-state index contributed by atoms with van der Waals surface area (Å²) in [7, 11) is 0. The van der Waals surface area contributed by atoms with Crippen LogP contribution in [0.2, 0.25) is 0 Å². The monoisotopic (exact) mass is 617 g/mol. The number of alkyl halides is 2. The fraction of sp³-hybridized carbons (Fsp3) is 0.667. The van der Waals surface area contributed by atoms with Crippen LogP contribution in [0, 0.1) is 4.83 Å². The van der Waals surface area contributed by atoms with Crippen molar-refractivity contribution < 1.29 is 0 Å². The van der Waals surface area contributed by atoms with Gasteiger partial charge in [-0.25, -0.2) is 0 Å². The molecular weight excluding hydrogens is 622 g/mol. The van der Waals surface area contributed by atoms with E-state index in [-0.39, 0.29) is 0 Å². The summed E-state index contributed by atoms with van der Waals surface area (Å²) in [6.07, 6.45) is 0. The predicted octanol–water partition coefficient (Wildman–Crippen LogP) is 5.46. The average Bonchev–Trinajstić information content (AvgIpc) is 2.19. The fourth-order valence-electron chi connectivity index (χ4n) is 0.176. The van der Waals surface area contributed by atoms with Gasteiger partial charge in [-0.15, -0.1) is 0 Å². The highest BCUT2D eigenvalue weighted by Crippen LogP contribution is 2.50. The van der Waals surface area contributed by atoms with Crippen LogP contribution in [0.3, 0.4) is 0 Å². The maximum atomic E-state index is 3.38. The number of hydrogen-bond acceptors (Lipinski definition) is 0. The van der Waals surface area contributed by atoms with Crippen LogP contribution >= 0.6 is 104 Å². The third-order valence-corrected chi connectivity index (χ3v) is 5.64. The van der Waals surface area contributed by atoms with Crippen LogP contribution in [0.4, 0.5) is 0 Å². The van der Waals surface area contributed by atoms with Crippen LogP contribution in [0.25, 0.3) is 0 Å². The molecule has 0 nitrogen and oxygen atoms in total. The summed E-state index contributed by atoms with van der Waals surface area (Å²) >= 11 is 23.3. The Labute approximate surface area is 122 Å². The highest BCUT2D eigenvalue weighted by atomic mass is 80.0. The Kier molecular flexibility index (Phi) is 8.55. The first-order valence-corrected chi connectivity index (χ1v) is 17.8. The van der Waals surface area contributed by atoms with Crippen LogP contribution in [-0.4, -0.2) is 15.4 Å². The van der Waals surface area contributed by atoms with E-state index in [1.54, 1.807) is 0 Å². The molecule has 0 aromatic rings. The molecule has 0 aliphatic heterocycles. The summed E-state index contributed by atoms with van der Waals surface area (Å²) in [5.74, 6) is -1.58. The van der Waals surface area contributed by atoms with Crippen LogP contribution in [-0.2, 0) is 0 Å². The van der Waals surface area contributed by atoms with Gasteiger partial charge in [0.15, 0.2) is 0 Å². The summed E-state index contributed by atoms with van der Waals surface area (Å²) in [6, 6.07) is 0. The van der Waals surface area contributed by atoms with Crippen LogP contribution < -0.4 is 0 Å². The van der Waals surface area contributed by atoms with Crippen molar-refractivity contribution >= 4 is 110 Å². The molecule has 0 aromatic carbocycles. The van der Waals surface area contributed by atoms with Crippen molar-refractivity contribution in [3.8, 4) is 0 Å². The first-order valence-electron chi connectivity index (χ1n) is 2.41. The van der Waals surface area contributed by atoms with Gasteiger partial charge in [0.2, 0.25) is 30.4 Å². The molecule has 1 rings (SSSR count). The van der Waals surface area contributed by atoms with E-state index >= 15 is 0 Å². The highest BCUT2D eigenvalue weighted by Gasteiger charge is 2.61. The molecule has 1 fully saturated rings. The summed E-state index contributed by atoms with van der Waals surface area (Å²) in [4.78, 5) is 2.48. The zero-order chi connectivity index (χ0) is 9.23. The highest BCUT2D eigenvalue weighted by molar-refractivity contribution is 9.90. The fourth-order valence-corrected chi connectivity index (χ4v) is 2.47. The van der Waals surface area contributed by atoms with E-state index in [2.05, 4.69) is 104 Å². The van der Waals surface area contributed by atoms with Gasteiger partial charge in [0.1, 0.15) is 0 Å². The van der Waals surface area contributed by atoms with E-state index in [0.29, 0.717) is 9.65 Å². The van der Waals surface area contributed by atoms with Gasteiger partial charge in [-0.05, 0) is 31.9 Å². The van der Waals surface area contributed by atoms with Crippen molar-refractivity contribution in [3.63, 3.8) is 0 Å². The summed E-state index contributed by atoms with van der Waals surface area (Å²) < 4.78 is 0. The van der Waals surface area contributed by atoms with Crippen molar-refractivity contribution in [2.24, 2.45) is 0 Å². The van der Waals surface area contributed by atoms with E-state index in [0.717, 1.165) is 0 Å². The molecule has 0 N–H and O–H groups in total. The third kappa shape index (κ3) is 10.1. The quantitative estimate of drug-likeness (QED) is 0.191. The van der Waals surface area contributed by atoms with Gasteiger partial charge in [-0.2, -0.15) is 0 Å². The van der Waals surface area contributed by atoms with Crippen molar-refractivity contribution in [2.75, 3.05) is 0 Å². The average molecular weight is 624 g/mol. The lowest BCUT2D eigenvalue weighted by Gasteiger charge is -2.00. The molecule has 8 heteroatoms. The molecule has 66 valence electrons. The zero-order valence-corrected chi connectivity index (χ0v) is 17.1. The molecule has 1 aliphatic rings. The van der Waals surface area contributed by atoms with E-state index in [4.69, 9.17) is 0 Å². The molecule has 0 heterocycles. The topological polar surface area (TPSA) is 0 Å². The minimum atomic E-state index is -1.58. The molecule has 2 atom stereocenters. The van der Waals surface area contributed by atoms with Gasteiger partial charge < -0.3 is 56.2 Å². The maximum Gasteiger partial charge on any atom is 0.450 e. The van der Waals surface area contributed by atoms with Crippen molar-refractivity contribution in [1.82, 2.24) is 0 Å². The SMILES string of the molecule is Br[C+]1C(Br)C1Br.[Br][Al-]([Br])([Br])[Br]. The summed E-state index contributed by atoms with van der Waals surface area (Å²) in [5.41, 5.74) is 0. The smallest absolute Gasteiger partial charge is 0.363 e. The molecule has 0 saturated heterocycles. The molecule has 0 aromatic heterocycles. The molecule has 0 spiro atoms. The van der Waals surface area contributed by atoms with Crippen molar-refractivity contribution in [1.29, 1.82) is 0 Å². The lowest BCUT2D eigenvalue weighted by molar-refractivity contribution is 1.59. The van der Waals surface area contributed by atoms with Gasteiger partial charge in [0, 0.05) is 0 Å². The Balaban J connectivity index is 0.000000187.